The van der Waals surface area contributed by atoms with E-state index in [1.807, 2.05) is 0 Å². The molecular weight excluding hydrogens is 184 g/mol. The summed E-state index contributed by atoms with van der Waals surface area (Å²) in [5.74, 6) is 0.942. The molecule has 0 aromatic rings. The van der Waals surface area contributed by atoms with Gasteiger partial charge < -0.3 is 11.1 Å². The summed E-state index contributed by atoms with van der Waals surface area (Å²) in [4.78, 5) is 0. The number of rotatable bonds is 4. The van der Waals surface area contributed by atoms with Gasteiger partial charge in [0.25, 0.3) is 0 Å². The molecule has 0 aromatic carbocycles. The van der Waals surface area contributed by atoms with Crippen molar-refractivity contribution >= 4 is 0 Å². The molecule has 0 saturated heterocycles. The van der Waals surface area contributed by atoms with Crippen LogP contribution in [0, 0.1) is 16.7 Å². The zero-order valence-corrected chi connectivity index (χ0v) is 10.5. The molecule has 0 heterocycles. The van der Waals surface area contributed by atoms with E-state index in [1.165, 1.54) is 19.3 Å². The van der Waals surface area contributed by atoms with Crippen molar-refractivity contribution in [1.82, 2.24) is 5.32 Å². The first kappa shape index (κ1) is 11.4. The molecule has 3 N–H and O–H groups in total. The van der Waals surface area contributed by atoms with Crippen LogP contribution in [0.15, 0.2) is 0 Å². The van der Waals surface area contributed by atoms with Gasteiger partial charge in [-0.2, -0.15) is 0 Å². The predicted molar refractivity (Wildman–Crippen MR) is 64.7 cm³/mol. The second-order valence-electron chi connectivity index (χ2n) is 6.26. The van der Waals surface area contributed by atoms with Gasteiger partial charge >= 0.3 is 0 Å². The maximum absolute atomic E-state index is 5.54. The highest BCUT2D eigenvalue weighted by Crippen LogP contribution is 2.65. The van der Waals surface area contributed by atoms with Gasteiger partial charge in [0, 0.05) is 6.04 Å². The topological polar surface area (TPSA) is 38.0 Å². The van der Waals surface area contributed by atoms with Crippen LogP contribution in [0.5, 0.6) is 0 Å². The minimum atomic E-state index is 0.520. The molecule has 0 amide bonds. The largest absolute Gasteiger partial charge is 0.330 e. The van der Waals surface area contributed by atoms with E-state index in [2.05, 4.69) is 26.1 Å². The van der Waals surface area contributed by atoms with E-state index in [1.54, 1.807) is 0 Å². The van der Waals surface area contributed by atoms with Crippen molar-refractivity contribution < 1.29 is 0 Å². The molecule has 0 spiro atoms. The lowest BCUT2D eigenvalue weighted by atomic mass is 9.69. The summed E-state index contributed by atoms with van der Waals surface area (Å²) in [5, 5.41) is 3.73. The first-order valence-corrected chi connectivity index (χ1v) is 6.46. The van der Waals surface area contributed by atoms with Crippen molar-refractivity contribution in [1.29, 1.82) is 0 Å². The fraction of sp³-hybridized carbons (Fsp3) is 1.00. The van der Waals surface area contributed by atoms with Crippen LogP contribution in [-0.4, -0.2) is 19.1 Å². The van der Waals surface area contributed by atoms with Crippen LogP contribution in [0.4, 0.5) is 0 Å². The summed E-state index contributed by atoms with van der Waals surface area (Å²) in [6.07, 6.45) is 5.34. The number of hydrogen-bond donors (Lipinski definition) is 2. The number of hydrogen-bond acceptors (Lipinski definition) is 2. The molecule has 2 aliphatic carbocycles. The molecule has 2 aliphatic rings. The molecular formula is C13H26N2. The molecule has 3 unspecified atom stereocenters. The van der Waals surface area contributed by atoms with Crippen molar-refractivity contribution in [3.8, 4) is 0 Å². The molecule has 2 heteroatoms. The minimum Gasteiger partial charge on any atom is -0.330 e. The van der Waals surface area contributed by atoms with Gasteiger partial charge in [0.15, 0.2) is 0 Å². The summed E-state index contributed by atoms with van der Waals surface area (Å²) in [6.45, 7) is 9.33. The third-order valence-electron chi connectivity index (χ3n) is 5.57. The van der Waals surface area contributed by atoms with Crippen molar-refractivity contribution in [3.63, 3.8) is 0 Å². The zero-order valence-electron chi connectivity index (χ0n) is 10.5. The maximum Gasteiger partial charge on any atom is 0.0129 e. The fourth-order valence-electron chi connectivity index (χ4n) is 3.89. The summed E-state index contributed by atoms with van der Waals surface area (Å²) in [7, 11) is 0. The Kier molecular flexibility index (Phi) is 2.85. The van der Waals surface area contributed by atoms with Crippen LogP contribution in [0.1, 0.15) is 46.5 Å². The van der Waals surface area contributed by atoms with E-state index in [9.17, 15) is 0 Å². The van der Waals surface area contributed by atoms with Crippen LogP contribution >= 0.6 is 0 Å². The average Bonchev–Trinajstić information content (AvgIpc) is 2.51. The van der Waals surface area contributed by atoms with Crippen molar-refractivity contribution in [3.05, 3.63) is 0 Å². The standard InChI is InChI=1S/C13H26N2/c1-12(2)10-5-6-13(12,3)11(9-10)15-8-4-7-14/h10-11,15H,4-9,14H2,1-3H3. The molecule has 2 nitrogen and oxygen atoms in total. The summed E-state index contributed by atoms with van der Waals surface area (Å²) < 4.78 is 0. The molecule has 0 aliphatic heterocycles. The SMILES string of the molecule is CC1(C)C2CCC1(C)C(NCCCN)C2. The van der Waals surface area contributed by atoms with E-state index < -0.39 is 0 Å². The monoisotopic (exact) mass is 210 g/mol. The van der Waals surface area contributed by atoms with Crippen LogP contribution in [-0.2, 0) is 0 Å². The smallest absolute Gasteiger partial charge is 0.0129 e. The predicted octanol–water partition coefficient (Wildman–Crippen LogP) is 2.14. The lowest BCUT2D eigenvalue weighted by Crippen LogP contribution is -2.45. The zero-order chi connectivity index (χ0) is 11.1. The molecule has 2 rings (SSSR count). The molecule has 2 bridgehead atoms. The molecule has 2 fully saturated rings. The Balaban J connectivity index is 1.99. The van der Waals surface area contributed by atoms with Gasteiger partial charge in [0.1, 0.15) is 0 Å². The summed E-state index contributed by atoms with van der Waals surface area (Å²) in [6, 6.07) is 0.734. The van der Waals surface area contributed by atoms with Crippen LogP contribution in [0.25, 0.3) is 0 Å². The van der Waals surface area contributed by atoms with E-state index >= 15 is 0 Å². The van der Waals surface area contributed by atoms with E-state index in [0.29, 0.717) is 10.8 Å². The van der Waals surface area contributed by atoms with Crippen LogP contribution < -0.4 is 11.1 Å². The molecule has 3 atom stereocenters. The average molecular weight is 210 g/mol. The summed E-state index contributed by atoms with van der Waals surface area (Å²) in [5.41, 5.74) is 6.59. The van der Waals surface area contributed by atoms with E-state index in [0.717, 1.165) is 31.5 Å². The van der Waals surface area contributed by atoms with E-state index in [-0.39, 0.29) is 0 Å². The number of fused-ring (bicyclic) bond motifs is 2. The highest BCUT2D eigenvalue weighted by atomic mass is 15.0. The van der Waals surface area contributed by atoms with Gasteiger partial charge in [-0.1, -0.05) is 20.8 Å². The fourth-order valence-corrected chi connectivity index (χ4v) is 3.89. The molecule has 88 valence electrons. The normalized spacial score (nSPS) is 42.4. The second-order valence-corrected chi connectivity index (χ2v) is 6.26. The summed E-state index contributed by atoms with van der Waals surface area (Å²) >= 11 is 0. The third-order valence-corrected chi connectivity index (χ3v) is 5.57. The van der Waals surface area contributed by atoms with Gasteiger partial charge in [-0.15, -0.1) is 0 Å². The highest BCUT2D eigenvalue weighted by molar-refractivity contribution is 5.12. The first-order valence-electron chi connectivity index (χ1n) is 6.46. The number of nitrogens with two attached hydrogens (primary N) is 1. The Morgan fingerprint density at radius 3 is 2.53 bits per heavy atom. The third kappa shape index (κ3) is 1.53. The molecule has 0 radical (unpaired) electrons. The lowest BCUT2D eigenvalue weighted by molar-refractivity contribution is 0.121. The Labute approximate surface area is 94.0 Å². The van der Waals surface area contributed by atoms with Crippen molar-refractivity contribution in [2.24, 2.45) is 22.5 Å². The van der Waals surface area contributed by atoms with Gasteiger partial charge in [0.2, 0.25) is 0 Å². The van der Waals surface area contributed by atoms with Gasteiger partial charge in [-0.25, -0.2) is 0 Å². The quantitative estimate of drug-likeness (QED) is 0.698. The van der Waals surface area contributed by atoms with Crippen molar-refractivity contribution in [2.75, 3.05) is 13.1 Å². The van der Waals surface area contributed by atoms with Crippen LogP contribution in [0.2, 0.25) is 0 Å². The molecule has 15 heavy (non-hydrogen) atoms. The Morgan fingerprint density at radius 1 is 1.33 bits per heavy atom. The number of nitrogens with one attached hydrogen (secondary N) is 1. The Hall–Kier alpha value is -0.0800. The molecule has 2 saturated carbocycles. The highest BCUT2D eigenvalue weighted by Gasteiger charge is 2.60. The van der Waals surface area contributed by atoms with Gasteiger partial charge in [-0.3, -0.25) is 0 Å². The first-order chi connectivity index (χ1) is 7.02. The Bertz CT molecular complexity index is 237. The Morgan fingerprint density at radius 2 is 2.07 bits per heavy atom. The van der Waals surface area contributed by atoms with Gasteiger partial charge in [-0.05, 0) is 55.5 Å². The second kappa shape index (κ2) is 3.74. The van der Waals surface area contributed by atoms with Crippen LogP contribution in [0.3, 0.4) is 0 Å². The molecule has 0 aromatic heterocycles. The van der Waals surface area contributed by atoms with Crippen molar-refractivity contribution in [2.45, 2.75) is 52.5 Å². The lowest BCUT2D eigenvalue weighted by Gasteiger charge is -2.39. The maximum atomic E-state index is 5.54. The van der Waals surface area contributed by atoms with Gasteiger partial charge in [0.05, 0.1) is 0 Å². The van der Waals surface area contributed by atoms with E-state index in [4.69, 9.17) is 5.73 Å². The minimum absolute atomic E-state index is 0.520.